The molecule has 1 aliphatic heterocycles. The van der Waals surface area contributed by atoms with Gasteiger partial charge >= 0.3 is 0 Å². The molecule has 21 heavy (non-hydrogen) atoms. The van der Waals surface area contributed by atoms with E-state index in [-0.39, 0.29) is 17.9 Å². The first-order chi connectivity index (χ1) is 10.1. The van der Waals surface area contributed by atoms with Crippen molar-refractivity contribution in [2.24, 2.45) is 0 Å². The molecular formula is C13H12BrN3O2S2. The fraction of sp³-hybridized carbons (Fsp3) is 0.308. The minimum atomic E-state index is -0.186. The van der Waals surface area contributed by atoms with E-state index in [1.165, 1.54) is 11.3 Å². The van der Waals surface area contributed by atoms with Gasteiger partial charge in [-0.2, -0.15) is 0 Å². The van der Waals surface area contributed by atoms with Gasteiger partial charge in [0, 0.05) is 34.2 Å². The van der Waals surface area contributed by atoms with E-state index in [0.29, 0.717) is 25.1 Å². The molecule has 2 aromatic heterocycles. The van der Waals surface area contributed by atoms with Crippen molar-refractivity contribution in [2.75, 3.05) is 6.54 Å². The fourth-order valence-electron chi connectivity index (χ4n) is 2.03. The molecule has 1 atom stereocenters. The third-order valence-electron chi connectivity index (χ3n) is 3.12. The number of thiophene rings is 1. The summed E-state index contributed by atoms with van der Waals surface area (Å²) in [6, 6.07) is 1.97. The predicted octanol–water partition coefficient (Wildman–Crippen LogP) is 2.64. The molecule has 2 amide bonds. The van der Waals surface area contributed by atoms with Gasteiger partial charge in [0.05, 0.1) is 4.88 Å². The maximum Gasteiger partial charge on any atom is 0.271 e. The number of rotatable bonds is 3. The van der Waals surface area contributed by atoms with Gasteiger partial charge in [0.15, 0.2) is 0 Å². The SMILES string of the molecule is O=C1CCC(NC(=O)c2csc(-c3cc(Br)cs3)n2)CN1. The lowest BCUT2D eigenvalue weighted by molar-refractivity contribution is -0.122. The summed E-state index contributed by atoms with van der Waals surface area (Å²) in [5.41, 5.74) is 0.427. The van der Waals surface area contributed by atoms with Gasteiger partial charge in [0.1, 0.15) is 10.7 Å². The lowest BCUT2D eigenvalue weighted by atomic mass is 10.1. The van der Waals surface area contributed by atoms with Crippen molar-refractivity contribution < 1.29 is 9.59 Å². The van der Waals surface area contributed by atoms with Crippen LogP contribution in [0.5, 0.6) is 0 Å². The van der Waals surface area contributed by atoms with Gasteiger partial charge in [0.2, 0.25) is 5.91 Å². The summed E-state index contributed by atoms with van der Waals surface area (Å²) in [6.45, 7) is 0.486. The van der Waals surface area contributed by atoms with E-state index >= 15 is 0 Å². The van der Waals surface area contributed by atoms with Crippen molar-refractivity contribution in [3.8, 4) is 9.88 Å². The van der Waals surface area contributed by atoms with Crippen LogP contribution in [-0.4, -0.2) is 29.4 Å². The number of hydrogen-bond donors (Lipinski definition) is 2. The van der Waals surface area contributed by atoms with Gasteiger partial charge in [-0.15, -0.1) is 22.7 Å². The monoisotopic (exact) mass is 385 g/mol. The summed E-state index contributed by atoms with van der Waals surface area (Å²) in [7, 11) is 0. The molecule has 3 rings (SSSR count). The molecule has 0 aliphatic carbocycles. The molecule has 1 fully saturated rings. The van der Waals surface area contributed by atoms with Gasteiger partial charge in [-0.3, -0.25) is 9.59 Å². The van der Waals surface area contributed by atoms with Crippen LogP contribution in [-0.2, 0) is 4.79 Å². The quantitative estimate of drug-likeness (QED) is 0.852. The second-order valence-electron chi connectivity index (χ2n) is 4.68. The number of nitrogens with one attached hydrogen (secondary N) is 2. The Balaban J connectivity index is 1.65. The molecule has 0 saturated carbocycles. The van der Waals surface area contributed by atoms with Crippen molar-refractivity contribution >= 4 is 50.4 Å². The number of thiazole rings is 1. The highest BCUT2D eigenvalue weighted by molar-refractivity contribution is 9.10. The third-order valence-corrected chi connectivity index (χ3v) is 5.82. The average Bonchev–Trinajstić information content (AvgIpc) is 3.10. The van der Waals surface area contributed by atoms with E-state index in [9.17, 15) is 9.59 Å². The van der Waals surface area contributed by atoms with Gasteiger partial charge in [-0.25, -0.2) is 4.98 Å². The van der Waals surface area contributed by atoms with Crippen molar-refractivity contribution in [3.05, 3.63) is 27.0 Å². The highest BCUT2D eigenvalue weighted by Crippen LogP contribution is 2.31. The van der Waals surface area contributed by atoms with Gasteiger partial charge < -0.3 is 10.6 Å². The first-order valence-corrected chi connectivity index (χ1v) is 8.94. The van der Waals surface area contributed by atoms with Crippen LogP contribution in [0.3, 0.4) is 0 Å². The Labute approximate surface area is 137 Å². The lowest BCUT2D eigenvalue weighted by Crippen LogP contribution is -2.47. The number of carbonyl (C=O) groups is 2. The second kappa shape index (κ2) is 6.25. The molecule has 1 unspecified atom stereocenters. The maximum atomic E-state index is 12.2. The van der Waals surface area contributed by atoms with Crippen molar-refractivity contribution in [1.29, 1.82) is 0 Å². The molecule has 8 heteroatoms. The minimum absolute atomic E-state index is 0.0174. The molecule has 0 radical (unpaired) electrons. The molecule has 3 heterocycles. The molecular weight excluding hydrogens is 374 g/mol. The molecule has 1 aliphatic rings. The third kappa shape index (κ3) is 3.50. The molecule has 2 N–H and O–H groups in total. The van der Waals surface area contributed by atoms with E-state index in [1.54, 1.807) is 16.7 Å². The highest BCUT2D eigenvalue weighted by atomic mass is 79.9. The van der Waals surface area contributed by atoms with Crippen LogP contribution in [0, 0.1) is 0 Å². The van der Waals surface area contributed by atoms with Gasteiger partial charge in [0.25, 0.3) is 5.91 Å². The number of halogens is 1. The van der Waals surface area contributed by atoms with Crippen LogP contribution in [0.4, 0.5) is 0 Å². The van der Waals surface area contributed by atoms with E-state index in [1.807, 2.05) is 11.4 Å². The smallest absolute Gasteiger partial charge is 0.271 e. The average molecular weight is 386 g/mol. The van der Waals surface area contributed by atoms with Crippen LogP contribution >= 0.6 is 38.6 Å². The number of aromatic nitrogens is 1. The van der Waals surface area contributed by atoms with E-state index < -0.39 is 0 Å². The van der Waals surface area contributed by atoms with Crippen LogP contribution < -0.4 is 10.6 Å². The Kier molecular flexibility index (Phi) is 4.37. The van der Waals surface area contributed by atoms with Crippen LogP contribution in [0.2, 0.25) is 0 Å². The first kappa shape index (κ1) is 14.7. The van der Waals surface area contributed by atoms with Gasteiger partial charge in [-0.05, 0) is 28.4 Å². The van der Waals surface area contributed by atoms with Crippen LogP contribution in [0.15, 0.2) is 21.3 Å². The number of piperidine rings is 1. The van der Waals surface area contributed by atoms with E-state index in [2.05, 4.69) is 31.5 Å². The van der Waals surface area contributed by atoms with E-state index in [4.69, 9.17) is 0 Å². The topological polar surface area (TPSA) is 71.1 Å². The van der Waals surface area contributed by atoms with Crippen LogP contribution in [0.25, 0.3) is 9.88 Å². The molecule has 1 saturated heterocycles. The highest BCUT2D eigenvalue weighted by Gasteiger charge is 2.21. The number of carbonyl (C=O) groups excluding carboxylic acids is 2. The summed E-state index contributed by atoms with van der Waals surface area (Å²) in [4.78, 5) is 28.7. The normalized spacial score (nSPS) is 18.3. The lowest BCUT2D eigenvalue weighted by Gasteiger charge is -2.22. The van der Waals surface area contributed by atoms with Crippen molar-refractivity contribution in [1.82, 2.24) is 15.6 Å². The maximum absolute atomic E-state index is 12.2. The number of nitrogens with zero attached hydrogens (tertiary/aromatic N) is 1. The van der Waals surface area contributed by atoms with Gasteiger partial charge in [-0.1, -0.05) is 0 Å². The molecule has 0 aromatic carbocycles. The zero-order valence-electron chi connectivity index (χ0n) is 10.9. The summed E-state index contributed by atoms with van der Waals surface area (Å²) in [6.07, 6.45) is 1.13. The molecule has 110 valence electrons. The summed E-state index contributed by atoms with van der Waals surface area (Å²) in [5, 5.41) is 10.2. The summed E-state index contributed by atoms with van der Waals surface area (Å²) in [5.74, 6) is -0.144. The van der Waals surface area contributed by atoms with Crippen molar-refractivity contribution in [3.63, 3.8) is 0 Å². The fourth-order valence-corrected chi connectivity index (χ4v) is 4.34. The Hall–Kier alpha value is -1.25. The molecule has 0 bridgehead atoms. The molecule has 0 spiro atoms. The van der Waals surface area contributed by atoms with Crippen molar-refractivity contribution in [2.45, 2.75) is 18.9 Å². The van der Waals surface area contributed by atoms with E-state index in [0.717, 1.165) is 14.4 Å². The second-order valence-corrected chi connectivity index (χ2v) is 7.37. The largest absolute Gasteiger partial charge is 0.354 e. The predicted molar refractivity (Wildman–Crippen MR) is 86.6 cm³/mol. The Morgan fingerprint density at radius 1 is 1.43 bits per heavy atom. The standard InChI is InChI=1S/C13H12BrN3O2S2/c14-7-3-10(20-5-7)13-17-9(6-21-13)12(19)16-8-1-2-11(18)15-4-8/h3,5-6,8H,1-2,4H2,(H,15,18)(H,16,19). The Bertz CT molecular complexity index is 673. The summed E-state index contributed by atoms with van der Waals surface area (Å²) >= 11 is 6.45. The number of hydrogen-bond acceptors (Lipinski definition) is 5. The Morgan fingerprint density at radius 2 is 2.29 bits per heavy atom. The molecule has 2 aromatic rings. The Morgan fingerprint density at radius 3 is 2.95 bits per heavy atom. The van der Waals surface area contributed by atoms with Crippen LogP contribution in [0.1, 0.15) is 23.3 Å². The zero-order valence-corrected chi connectivity index (χ0v) is 14.1. The minimum Gasteiger partial charge on any atom is -0.354 e. The first-order valence-electron chi connectivity index (χ1n) is 6.39. The zero-order chi connectivity index (χ0) is 14.8. The summed E-state index contributed by atoms with van der Waals surface area (Å²) < 4.78 is 1.02. The molecule has 5 nitrogen and oxygen atoms in total. The number of amides is 2.